The highest BCUT2D eigenvalue weighted by Gasteiger charge is 2.30. The molecule has 0 aliphatic carbocycles. The number of ether oxygens (including phenoxy) is 1. The van der Waals surface area contributed by atoms with E-state index in [0.717, 1.165) is 0 Å². The number of nitro benzene ring substituents is 1. The minimum absolute atomic E-state index is 0.0825. The van der Waals surface area contributed by atoms with Gasteiger partial charge in [-0.15, -0.1) is 0 Å². The van der Waals surface area contributed by atoms with E-state index in [1.165, 1.54) is 12.1 Å². The first-order chi connectivity index (χ1) is 8.27. The van der Waals surface area contributed by atoms with Crippen LogP contribution in [-0.2, 0) is 0 Å². The van der Waals surface area contributed by atoms with Crippen molar-refractivity contribution < 1.29 is 14.8 Å². The Balaban J connectivity index is 3.27. The van der Waals surface area contributed by atoms with Crippen molar-refractivity contribution in [2.45, 2.75) is 33.8 Å². The van der Waals surface area contributed by atoms with E-state index in [-0.39, 0.29) is 5.69 Å². The first-order valence-corrected chi connectivity index (χ1v) is 5.86. The van der Waals surface area contributed by atoms with Crippen LogP contribution in [0.4, 0.5) is 5.69 Å². The van der Waals surface area contributed by atoms with E-state index in [2.05, 4.69) is 0 Å². The van der Waals surface area contributed by atoms with Gasteiger partial charge >= 0.3 is 0 Å². The summed E-state index contributed by atoms with van der Waals surface area (Å²) in [6.07, 6.45) is -0.918. The Morgan fingerprint density at radius 1 is 1.44 bits per heavy atom. The SMILES string of the molecule is CCOc1ccc([N+](=O)[O-])c(C(O)C(C)(C)C)c1. The molecule has 0 bridgehead atoms. The number of aliphatic hydroxyl groups is 1. The van der Waals surface area contributed by atoms with E-state index in [0.29, 0.717) is 17.9 Å². The first-order valence-electron chi connectivity index (χ1n) is 5.86. The molecule has 0 fully saturated rings. The van der Waals surface area contributed by atoms with Crippen LogP contribution in [0.25, 0.3) is 0 Å². The molecule has 0 amide bonds. The highest BCUT2D eigenvalue weighted by atomic mass is 16.6. The summed E-state index contributed by atoms with van der Waals surface area (Å²) in [5.74, 6) is 0.529. The third kappa shape index (κ3) is 3.20. The molecule has 1 N–H and O–H groups in total. The molecule has 0 radical (unpaired) electrons. The molecule has 1 aromatic carbocycles. The van der Waals surface area contributed by atoms with Gasteiger partial charge in [0.25, 0.3) is 5.69 Å². The predicted octanol–water partition coefficient (Wildman–Crippen LogP) is 3.07. The maximum atomic E-state index is 11.0. The van der Waals surface area contributed by atoms with Gasteiger partial charge < -0.3 is 9.84 Å². The highest BCUT2D eigenvalue weighted by molar-refractivity contribution is 5.47. The van der Waals surface area contributed by atoms with Crippen LogP contribution >= 0.6 is 0 Å². The number of rotatable bonds is 4. The molecule has 1 aromatic rings. The van der Waals surface area contributed by atoms with Gasteiger partial charge in [-0.05, 0) is 24.5 Å². The molecule has 0 saturated heterocycles. The molecule has 0 saturated carbocycles. The van der Waals surface area contributed by atoms with Gasteiger partial charge in [-0.1, -0.05) is 20.8 Å². The monoisotopic (exact) mass is 253 g/mol. The van der Waals surface area contributed by atoms with E-state index >= 15 is 0 Å². The predicted molar refractivity (Wildman–Crippen MR) is 68.7 cm³/mol. The normalized spacial score (nSPS) is 13.2. The number of nitrogens with zero attached hydrogens (tertiary/aromatic N) is 1. The minimum atomic E-state index is -0.918. The quantitative estimate of drug-likeness (QED) is 0.661. The number of hydrogen-bond donors (Lipinski definition) is 1. The van der Waals surface area contributed by atoms with Crippen LogP contribution in [-0.4, -0.2) is 16.6 Å². The lowest BCUT2D eigenvalue weighted by Crippen LogP contribution is -2.19. The van der Waals surface area contributed by atoms with Crippen LogP contribution in [0.1, 0.15) is 39.4 Å². The van der Waals surface area contributed by atoms with Gasteiger partial charge in [-0.25, -0.2) is 0 Å². The average molecular weight is 253 g/mol. The maximum Gasteiger partial charge on any atom is 0.275 e. The van der Waals surface area contributed by atoms with Crippen molar-refractivity contribution in [3.05, 3.63) is 33.9 Å². The molecule has 1 rings (SSSR count). The van der Waals surface area contributed by atoms with E-state index in [4.69, 9.17) is 4.74 Å². The van der Waals surface area contributed by atoms with Gasteiger partial charge in [0.15, 0.2) is 0 Å². The summed E-state index contributed by atoms with van der Waals surface area (Å²) >= 11 is 0. The van der Waals surface area contributed by atoms with Gasteiger partial charge in [0.2, 0.25) is 0 Å². The molecule has 18 heavy (non-hydrogen) atoms. The fourth-order valence-electron chi connectivity index (χ4n) is 1.64. The van der Waals surface area contributed by atoms with Crippen molar-refractivity contribution in [2.24, 2.45) is 5.41 Å². The van der Waals surface area contributed by atoms with Gasteiger partial charge in [0.05, 0.1) is 23.2 Å². The molecule has 0 aromatic heterocycles. The second-order valence-electron chi connectivity index (χ2n) is 5.18. The lowest BCUT2D eigenvalue weighted by Gasteiger charge is -2.26. The van der Waals surface area contributed by atoms with Crippen molar-refractivity contribution in [1.29, 1.82) is 0 Å². The summed E-state index contributed by atoms with van der Waals surface area (Å²) in [5, 5.41) is 21.2. The van der Waals surface area contributed by atoms with Crippen LogP contribution in [0, 0.1) is 15.5 Å². The maximum absolute atomic E-state index is 11.0. The van der Waals surface area contributed by atoms with Crippen molar-refractivity contribution in [3.63, 3.8) is 0 Å². The van der Waals surface area contributed by atoms with E-state index < -0.39 is 16.4 Å². The van der Waals surface area contributed by atoms with Crippen LogP contribution in [0.5, 0.6) is 5.75 Å². The van der Waals surface area contributed by atoms with Gasteiger partial charge in [0, 0.05) is 6.07 Å². The van der Waals surface area contributed by atoms with Gasteiger partial charge in [0.1, 0.15) is 5.75 Å². The summed E-state index contributed by atoms with van der Waals surface area (Å²) in [7, 11) is 0. The Morgan fingerprint density at radius 2 is 2.06 bits per heavy atom. The smallest absolute Gasteiger partial charge is 0.275 e. The Hall–Kier alpha value is -1.62. The Labute approximate surface area is 107 Å². The molecule has 0 aliphatic heterocycles. The molecule has 100 valence electrons. The molecule has 0 aliphatic rings. The van der Waals surface area contributed by atoms with Gasteiger partial charge in [-0.3, -0.25) is 10.1 Å². The Morgan fingerprint density at radius 3 is 2.50 bits per heavy atom. The van der Waals surface area contributed by atoms with Crippen LogP contribution in [0.3, 0.4) is 0 Å². The first kappa shape index (κ1) is 14.4. The largest absolute Gasteiger partial charge is 0.494 e. The zero-order chi connectivity index (χ0) is 13.9. The second kappa shape index (κ2) is 5.35. The zero-order valence-electron chi connectivity index (χ0n) is 11.1. The summed E-state index contributed by atoms with van der Waals surface area (Å²) < 4.78 is 5.31. The standard InChI is InChI=1S/C13H19NO4/c1-5-18-9-6-7-11(14(16)17)10(8-9)12(15)13(2,3)4/h6-8,12,15H,5H2,1-4H3. The number of hydrogen-bond acceptors (Lipinski definition) is 4. The van der Waals surface area contributed by atoms with Crippen molar-refractivity contribution in [3.8, 4) is 5.75 Å². The van der Waals surface area contributed by atoms with Crippen molar-refractivity contribution in [2.75, 3.05) is 6.61 Å². The van der Waals surface area contributed by atoms with Crippen molar-refractivity contribution >= 4 is 5.69 Å². The topological polar surface area (TPSA) is 72.6 Å². The lowest BCUT2D eigenvalue weighted by molar-refractivity contribution is -0.386. The third-order valence-corrected chi connectivity index (χ3v) is 2.62. The summed E-state index contributed by atoms with van der Waals surface area (Å²) in [5.41, 5.74) is -0.269. The summed E-state index contributed by atoms with van der Waals surface area (Å²) in [6.45, 7) is 7.79. The Kier molecular flexibility index (Phi) is 4.29. The third-order valence-electron chi connectivity index (χ3n) is 2.62. The fourth-order valence-corrected chi connectivity index (χ4v) is 1.64. The lowest BCUT2D eigenvalue weighted by atomic mass is 9.84. The second-order valence-corrected chi connectivity index (χ2v) is 5.18. The van der Waals surface area contributed by atoms with E-state index in [1.54, 1.807) is 6.07 Å². The minimum Gasteiger partial charge on any atom is -0.494 e. The summed E-state index contributed by atoms with van der Waals surface area (Å²) in [4.78, 5) is 10.5. The molecule has 1 atom stereocenters. The van der Waals surface area contributed by atoms with Gasteiger partial charge in [-0.2, -0.15) is 0 Å². The number of benzene rings is 1. The molecule has 0 spiro atoms. The average Bonchev–Trinajstić information content (AvgIpc) is 2.26. The molecular weight excluding hydrogens is 234 g/mol. The van der Waals surface area contributed by atoms with E-state index in [1.807, 2.05) is 27.7 Å². The fraction of sp³-hybridized carbons (Fsp3) is 0.538. The Bertz CT molecular complexity index is 437. The number of aliphatic hydroxyl groups excluding tert-OH is 1. The number of nitro groups is 1. The molecular formula is C13H19NO4. The molecule has 0 heterocycles. The van der Waals surface area contributed by atoms with E-state index in [9.17, 15) is 15.2 Å². The zero-order valence-corrected chi connectivity index (χ0v) is 11.1. The molecule has 5 heteroatoms. The van der Waals surface area contributed by atoms with Crippen LogP contribution in [0.15, 0.2) is 18.2 Å². The van der Waals surface area contributed by atoms with Crippen LogP contribution < -0.4 is 4.74 Å². The molecule has 5 nitrogen and oxygen atoms in total. The van der Waals surface area contributed by atoms with Crippen molar-refractivity contribution in [1.82, 2.24) is 0 Å². The highest BCUT2D eigenvalue weighted by Crippen LogP contribution is 2.38. The summed E-state index contributed by atoms with van der Waals surface area (Å²) in [6, 6.07) is 4.45. The molecule has 1 unspecified atom stereocenters. The van der Waals surface area contributed by atoms with Crippen LogP contribution in [0.2, 0.25) is 0 Å².